The summed E-state index contributed by atoms with van der Waals surface area (Å²) in [7, 11) is -3.54. The van der Waals surface area contributed by atoms with Crippen molar-refractivity contribution in [1.29, 1.82) is 0 Å². The molecule has 0 unspecified atom stereocenters. The van der Waals surface area contributed by atoms with E-state index >= 15 is 0 Å². The third-order valence-electron chi connectivity index (χ3n) is 4.78. The second kappa shape index (κ2) is 9.02. The van der Waals surface area contributed by atoms with Crippen molar-refractivity contribution in [3.63, 3.8) is 0 Å². The SMILES string of the molecule is Cc1cc(OCNC(=O)N2CCN(S(=O)(=O)c3ccccc3)CC2)cc(C)c1Cl. The number of ether oxygens (including phenoxy) is 1. The van der Waals surface area contributed by atoms with Crippen LogP contribution in [0.2, 0.25) is 5.02 Å². The molecule has 0 saturated carbocycles. The number of halogens is 1. The number of benzene rings is 2. The van der Waals surface area contributed by atoms with Crippen molar-refractivity contribution in [2.24, 2.45) is 0 Å². The summed E-state index contributed by atoms with van der Waals surface area (Å²) < 4.78 is 32.3. The Balaban J connectivity index is 1.49. The zero-order valence-corrected chi connectivity index (χ0v) is 18.0. The van der Waals surface area contributed by atoms with Gasteiger partial charge in [-0.1, -0.05) is 29.8 Å². The Morgan fingerprint density at radius 1 is 1.07 bits per heavy atom. The van der Waals surface area contributed by atoms with Crippen LogP contribution in [0.5, 0.6) is 5.75 Å². The molecule has 1 aliphatic heterocycles. The van der Waals surface area contributed by atoms with Gasteiger partial charge in [0.25, 0.3) is 0 Å². The molecule has 1 heterocycles. The van der Waals surface area contributed by atoms with Gasteiger partial charge in [0.15, 0.2) is 6.73 Å². The number of aryl methyl sites for hydroxylation is 2. The summed E-state index contributed by atoms with van der Waals surface area (Å²) in [6, 6.07) is 11.7. The van der Waals surface area contributed by atoms with E-state index in [1.165, 1.54) is 4.31 Å². The number of piperazine rings is 1. The van der Waals surface area contributed by atoms with Gasteiger partial charge in [-0.25, -0.2) is 13.2 Å². The molecule has 2 aromatic rings. The summed E-state index contributed by atoms with van der Waals surface area (Å²) in [5.74, 6) is 0.628. The minimum Gasteiger partial charge on any atom is -0.473 e. The maximum Gasteiger partial charge on any atom is 0.320 e. The van der Waals surface area contributed by atoms with Gasteiger partial charge in [0, 0.05) is 31.2 Å². The number of amides is 2. The maximum absolute atomic E-state index is 12.6. The van der Waals surface area contributed by atoms with E-state index in [1.54, 1.807) is 35.2 Å². The number of sulfonamides is 1. The largest absolute Gasteiger partial charge is 0.473 e. The van der Waals surface area contributed by atoms with Crippen LogP contribution in [0.15, 0.2) is 47.4 Å². The summed E-state index contributed by atoms with van der Waals surface area (Å²) in [6.45, 7) is 4.94. The summed E-state index contributed by atoms with van der Waals surface area (Å²) in [5, 5.41) is 3.40. The fourth-order valence-electron chi connectivity index (χ4n) is 3.16. The van der Waals surface area contributed by atoms with E-state index in [0.717, 1.165) is 11.1 Å². The lowest BCUT2D eigenvalue weighted by atomic mass is 10.1. The Bertz CT molecular complexity index is 951. The maximum atomic E-state index is 12.6. The van der Waals surface area contributed by atoms with Crippen LogP contribution in [0.4, 0.5) is 4.79 Å². The molecule has 0 atom stereocenters. The molecule has 2 aromatic carbocycles. The first-order valence-corrected chi connectivity index (χ1v) is 11.1. The van der Waals surface area contributed by atoms with Gasteiger partial charge in [-0.3, -0.25) is 0 Å². The molecule has 156 valence electrons. The molecule has 0 aromatic heterocycles. The van der Waals surface area contributed by atoms with E-state index in [4.69, 9.17) is 16.3 Å². The van der Waals surface area contributed by atoms with Crippen molar-refractivity contribution < 1.29 is 17.9 Å². The normalized spacial score (nSPS) is 15.2. The Labute approximate surface area is 176 Å². The standard InChI is InChI=1S/C20H24ClN3O4S/c1-15-12-17(13-16(2)19(15)21)28-14-22-20(25)23-8-10-24(11-9-23)29(26,27)18-6-4-3-5-7-18/h3-7,12-13H,8-11,14H2,1-2H3,(H,22,25). The molecule has 9 heteroatoms. The van der Waals surface area contributed by atoms with Crippen LogP contribution in [0.3, 0.4) is 0 Å². The van der Waals surface area contributed by atoms with Crippen LogP contribution in [-0.4, -0.2) is 56.6 Å². The number of rotatable bonds is 5. The second-order valence-electron chi connectivity index (χ2n) is 6.85. The molecule has 3 rings (SSSR count). The molecular weight excluding hydrogens is 414 g/mol. The van der Waals surface area contributed by atoms with Crippen LogP contribution in [0, 0.1) is 13.8 Å². The van der Waals surface area contributed by atoms with E-state index in [9.17, 15) is 13.2 Å². The van der Waals surface area contributed by atoms with E-state index in [0.29, 0.717) is 23.9 Å². The molecule has 7 nitrogen and oxygen atoms in total. The zero-order valence-electron chi connectivity index (χ0n) is 16.4. The van der Waals surface area contributed by atoms with Crippen LogP contribution in [0.25, 0.3) is 0 Å². The van der Waals surface area contributed by atoms with Crippen LogP contribution < -0.4 is 10.1 Å². The van der Waals surface area contributed by atoms with E-state index in [2.05, 4.69) is 5.32 Å². The van der Waals surface area contributed by atoms with Gasteiger partial charge < -0.3 is 15.0 Å². The number of carbonyl (C=O) groups excluding carboxylic acids is 1. The molecule has 0 bridgehead atoms. The highest BCUT2D eigenvalue weighted by atomic mass is 35.5. The third kappa shape index (κ3) is 5.01. The van der Waals surface area contributed by atoms with Gasteiger partial charge in [0.2, 0.25) is 10.0 Å². The average molecular weight is 438 g/mol. The number of carbonyl (C=O) groups is 1. The monoisotopic (exact) mass is 437 g/mol. The van der Waals surface area contributed by atoms with Crippen molar-refractivity contribution in [3.05, 3.63) is 58.6 Å². The molecule has 1 aliphatic rings. The summed E-state index contributed by atoms with van der Waals surface area (Å²) in [4.78, 5) is 14.2. The summed E-state index contributed by atoms with van der Waals surface area (Å²) in [5.41, 5.74) is 1.81. The fourth-order valence-corrected chi connectivity index (χ4v) is 4.71. The zero-order chi connectivity index (χ0) is 21.0. The quantitative estimate of drug-likeness (QED) is 0.729. The summed E-state index contributed by atoms with van der Waals surface area (Å²) in [6.07, 6.45) is 0. The third-order valence-corrected chi connectivity index (χ3v) is 7.29. The van der Waals surface area contributed by atoms with Gasteiger partial charge in [0.1, 0.15) is 5.75 Å². The number of hydrogen-bond acceptors (Lipinski definition) is 4. The van der Waals surface area contributed by atoms with Crippen molar-refractivity contribution in [1.82, 2.24) is 14.5 Å². The average Bonchev–Trinajstić information content (AvgIpc) is 2.72. The highest BCUT2D eigenvalue weighted by Gasteiger charge is 2.29. The van der Waals surface area contributed by atoms with Crippen molar-refractivity contribution in [3.8, 4) is 5.75 Å². The molecule has 1 N–H and O–H groups in total. The molecule has 1 fully saturated rings. The lowest BCUT2D eigenvalue weighted by molar-refractivity contribution is 0.162. The Hall–Kier alpha value is -2.29. The predicted octanol–water partition coefficient (Wildman–Crippen LogP) is 3.01. The molecular formula is C20H24ClN3O4S. The van der Waals surface area contributed by atoms with Gasteiger partial charge in [-0.15, -0.1) is 0 Å². The number of nitrogens with zero attached hydrogens (tertiary/aromatic N) is 2. The summed E-state index contributed by atoms with van der Waals surface area (Å²) >= 11 is 6.14. The van der Waals surface area contributed by atoms with Crippen molar-refractivity contribution >= 4 is 27.7 Å². The van der Waals surface area contributed by atoms with Gasteiger partial charge in [-0.2, -0.15) is 4.31 Å². The van der Waals surface area contributed by atoms with E-state index in [1.807, 2.05) is 26.0 Å². The second-order valence-corrected chi connectivity index (χ2v) is 9.16. The first-order chi connectivity index (χ1) is 13.8. The lowest BCUT2D eigenvalue weighted by Gasteiger charge is -2.33. The predicted molar refractivity (Wildman–Crippen MR) is 112 cm³/mol. The van der Waals surface area contributed by atoms with Gasteiger partial charge in [-0.05, 0) is 49.2 Å². The molecule has 0 aliphatic carbocycles. The first-order valence-electron chi connectivity index (χ1n) is 9.26. The minimum atomic E-state index is -3.54. The van der Waals surface area contributed by atoms with Crippen molar-refractivity contribution in [2.45, 2.75) is 18.7 Å². The van der Waals surface area contributed by atoms with Gasteiger partial charge >= 0.3 is 6.03 Å². The highest BCUT2D eigenvalue weighted by Crippen LogP contribution is 2.25. The lowest BCUT2D eigenvalue weighted by Crippen LogP contribution is -2.53. The number of urea groups is 1. The van der Waals surface area contributed by atoms with E-state index < -0.39 is 10.0 Å². The number of nitrogens with one attached hydrogen (secondary N) is 1. The topological polar surface area (TPSA) is 79.0 Å². The Morgan fingerprint density at radius 3 is 2.24 bits per heavy atom. The first kappa shape index (κ1) is 21.4. The van der Waals surface area contributed by atoms with Gasteiger partial charge in [0.05, 0.1) is 4.90 Å². The fraction of sp³-hybridized carbons (Fsp3) is 0.350. The molecule has 2 amide bonds. The van der Waals surface area contributed by atoms with E-state index in [-0.39, 0.29) is 30.7 Å². The minimum absolute atomic E-state index is 0.0157. The van der Waals surface area contributed by atoms with Crippen molar-refractivity contribution in [2.75, 3.05) is 32.9 Å². The van der Waals surface area contributed by atoms with Crippen LogP contribution in [-0.2, 0) is 10.0 Å². The number of hydrogen-bond donors (Lipinski definition) is 1. The Kier molecular flexibility index (Phi) is 6.66. The highest BCUT2D eigenvalue weighted by molar-refractivity contribution is 7.89. The Morgan fingerprint density at radius 2 is 1.66 bits per heavy atom. The van der Waals surface area contributed by atoms with Crippen LogP contribution in [0.1, 0.15) is 11.1 Å². The smallest absolute Gasteiger partial charge is 0.320 e. The molecule has 0 spiro atoms. The van der Waals surface area contributed by atoms with Crippen LogP contribution >= 0.6 is 11.6 Å². The molecule has 1 saturated heterocycles. The molecule has 0 radical (unpaired) electrons. The molecule has 29 heavy (non-hydrogen) atoms.